The molecule has 1 aliphatic rings. The lowest BCUT2D eigenvalue weighted by Gasteiger charge is -2.17. The molecule has 0 bridgehead atoms. The fourth-order valence-corrected chi connectivity index (χ4v) is 2.78. The van der Waals surface area contributed by atoms with Gasteiger partial charge < -0.3 is 14.8 Å². The molecule has 1 aromatic carbocycles. The normalized spacial score (nSPS) is 22.8. The maximum Gasteiger partial charge on any atom is 0.0713 e. The molecule has 2 rings (SSSR count). The van der Waals surface area contributed by atoms with Gasteiger partial charge in [-0.1, -0.05) is 31.2 Å². The second kappa shape index (κ2) is 7.63. The van der Waals surface area contributed by atoms with Crippen molar-refractivity contribution in [3.8, 4) is 0 Å². The van der Waals surface area contributed by atoms with E-state index in [1.54, 1.807) is 7.11 Å². The molecule has 3 nitrogen and oxygen atoms in total. The highest BCUT2D eigenvalue weighted by Crippen LogP contribution is 2.22. The van der Waals surface area contributed by atoms with Gasteiger partial charge in [-0.25, -0.2) is 0 Å². The summed E-state index contributed by atoms with van der Waals surface area (Å²) in [6.45, 7) is 5.78. The molecule has 0 aromatic heterocycles. The van der Waals surface area contributed by atoms with Crippen LogP contribution in [0.15, 0.2) is 24.3 Å². The molecule has 1 aliphatic heterocycles. The van der Waals surface area contributed by atoms with Gasteiger partial charge in [-0.05, 0) is 29.9 Å². The third kappa shape index (κ3) is 4.30. The van der Waals surface area contributed by atoms with Gasteiger partial charge in [-0.15, -0.1) is 0 Å². The number of nitrogens with one attached hydrogen (secondary N) is 1. The van der Waals surface area contributed by atoms with Crippen LogP contribution in [0.25, 0.3) is 0 Å². The van der Waals surface area contributed by atoms with E-state index in [1.807, 2.05) is 0 Å². The predicted octanol–water partition coefficient (Wildman–Crippen LogP) is 2.74. The van der Waals surface area contributed by atoms with Crippen LogP contribution < -0.4 is 5.32 Å². The molecule has 1 N–H and O–H groups in total. The average Bonchev–Trinajstić information content (AvgIpc) is 2.87. The number of rotatable bonds is 7. The van der Waals surface area contributed by atoms with Crippen LogP contribution in [0.5, 0.6) is 0 Å². The third-order valence-electron chi connectivity index (χ3n) is 3.79. The number of methoxy groups -OCH3 is 1. The van der Waals surface area contributed by atoms with E-state index in [0.29, 0.717) is 18.6 Å². The van der Waals surface area contributed by atoms with Gasteiger partial charge in [0.25, 0.3) is 0 Å². The molecule has 1 saturated heterocycles. The first-order valence-corrected chi connectivity index (χ1v) is 7.22. The van der Waals surface area contributed by atoms with Crippen molar-refractivity contribution in [1.82, 2.24) is 5.32 Å². The molecular formula is C16H25NO2. The quantitative estimate of drug-likeness (QED) is 0.820. The molecule has 2 unspecified atom stereocenters. The van der Waals surface area contributed by atoms with E-state index in [1.165, 1.54) is 17.5 Å². The molecular weight excluding hydrogens is 238 g/mol. The molecule has 1 aromatic rings. The van der Waals surface area contributed by atoms with Crippen molar-refractivity contribution in [3.05, 3.63) is 35.4 Å². The maximum atomic E-state index is 5.71. The number of benzene rings is 1. The van der Waals surface area contributed by atoms with Crippen LogP contribution in [0.2, 0.25) is 0 Å². The van der Waals surface area contributed by atoms with E-state index in [2.05, 4.69) is 36.5 Å². The summed E-state index contributed by atoms with van der Waals surface area (Å²) in [6.07, 6.45) is 2.76. The highest BCUT2D eigenvalue weighted by Gasteiger charge is 2.25. The summed E-state index contributed by atoms with van der Waals surface area (Å²) in [5, 5.41) is 3.56. The van der Waals surface area contributed by atoms with Crippen molar-refractivity contribution < 1.29 is 9.47 Å². The van der Waals surface area contributed by atoms with Gasteiger partial charge in [0.1, 0.15) is 0 Å². The van der Waals surface area contributed by atoms with Crippen LogP contribution in [0, 0.1) is 5.92 Å². The Morgan fingerprint density at radius 1 is 1.37 bits per heavy atom. The highest BCUT2D eigenvalue weighted by molar-refractivity contribution is 5.22. The Kier molecular flexibility index (Phi) is 5.83. The summed E-state index contributed by atoms with van der Waals surface area (Å²) in [5.74, 6) is 0.673. The first kappa shape index (κ1) is 14.5. The lowest BCUT2D eigenvalue weighted by molar-refractivity contribution is 0.0872. The zero-order chi connectivity index (χ0) is 13.5. The lowest BCUT2D eigenvalue weighted by atomic mass is 9.99. The molecule has 0 radical (unpaired) electrons. The summed E-state index contributed by atoms with van der Waals surface area (Å²) in [5.41, 5.74) is 2.55. The van der Waals surface area contributed by atoms with Gasteiger partial charge in [0.15, 0.2) is 0 Å². The van der Waals surface area contributed by atoms with E-state index < -0.39 is 0 Å². The monoisotopic (exact) mass is 263 g/mol. The Morgan fingerprint density at radius 2 is 2.21 bits per heavy atom. The first-order valence-electron chi connectivity index (χ1n) is 7.22. The van der Waals surface area contributed by atoms with E-state index in [-0.39, 0.29) is 0 Å². The largest absolute Gasteiger partial charge is 0.380 e. The molecule has 0 saturated carbocycles. The Balaban J connectivity index is 1.77. The van der Waals surface area contributed by atoms with Crippen LogP contribution >= 0.6 is 0 Å². The third-order valence-corrected chi connectivity index (χ3v) is 3.79. The van der Waals surface area contributed by atoms with Crippen LogP contribution in [0.3, 0.4) is 0 Å². The van der Waals surface area contributed by atoms with Crippen molar-refractivity contribution in [3.63, 3.8) is 0 Å². The average molecular weight is 263 g/mol. The fourth-order valence-electron chi connectivity index (χ4n) is 2.78. The zero-order valence-corrected chi connectivity index (χ0v) is 12.0. The SMILES string of the molecule is CCC1OCCC1CNCc1cccc(COC)c1. The number of hydrogen-bond acceptors (Lipinski definition) is 3. The molecule has 2 atom stereocenters. The standard InChI is InChI=1S/C16H25NO2/c1-3-16-15(7-8-19-16)11-17-10-13-5-4-6-14(9-13)12-18-2/h4-6,9,15-17H,3,7-8,10-12H2,1-2H3. The zero-order valence-electron chi connectivity index (χ0n) is 12.0. The van der Waals surface area contributed by atoms with Gasteiger partial charge in [-0.3, -0.25) is 0 Å². The van der Waals surface area contributed by atoms with Crippen LogP contribution in [-0.2, 0) is 22.6 Å². The molecule has 1 fully saturated rings. The Morgan fingerprint density at radius 3 is 3.00 bits per heavy atom. The molecule has 3 heteroatoms. The Hall–Kier alpha value is -0.900. The smallest absolute Gasteiger partial charge is 0.0713 e. The summed E-state index contributed by atoms with van der Waals surface area (Å²) in [6, 6.07) is 8.57. The second-order valence-electron chi connectivity index (χ2n) is 5.25. The molecule has 0 spiro atoms. The summed E-state index contributed by atoms with van der Waals surface area (Å²) in [4.78, 5) is 0. The van der Waals surface area contributed by atoms with Crippen molar-refractivity contribution in [1.29, 1.82) is 0 Å². The minimum atomic E-state index is 0.451. The van der Waals surface area contributed by atoms with E-state index >= 15 is 0 Å². The Bertz CT molecular complexity index is 381. The van der Waals surface area contributed by atoms with E-state index in [9.17, 15) is 0 Å². The first-order chi connectivity index (χ1) is 9.33. The highest BCUT2D eigenvalue weighted by atomic mass is 16.5. The molecule has 106 valence electrons. The topological polar surface area (TPSA) is 30.5 Å². The van der Waals surface area contributed by atoms with Crippen LogP contribution in [0.4, 0.5) is 0 Å². The van der Waals surface area contributed by atoms with Gasteiger partial charge in [0.05, 0.1) is 12.7 Å². The molecule has 19 heavy (non-hydrogen) atoms. The van der Waals surface area contributed by atoms with Gasteiger partial charge in [0, 0.05) is 26.8 Å². The Labute approximate surface area is 116 Å². The van der Waals surface area contributed by atoms with Gasteiger partial charge >= 0.3 is 0 Å². The van der Waals surface area contributed by atoms with E-state index in [0.717, 1.165) is 26.1 Å². The number of hydrogen-bond donors (Lipinski definition) is 1. The summed E-state index contributed by atoms with van der Waals surface area (Å²) < 4.78 is 10.9. The van der Waals surface area contributed by atoms with Crippen molar-refractivity contribution >= 4 is 0 Å². The summed E-state index contributed by atoms with van der Waals surface area (Å²) >= 11 is 0. The van der Waals surface area contributed by atoms with Crippen molar-refractivity contribution in [2.24, 2.45) is 5.92 Å². The van der Waals surface area contributed by atoms with Crippen molar-refractivity contribution in [2.45, 2.75) is 39.0 Å². The minimum Gasteiger partial charge on any atom is -0.380 e. The maximum absolute atomic E-state index is 5.71. The van der Waals surface area contributed by atoms with Crippen LogP contribution in [-0.4, -0.2) is 26.4 Å². The van der Waals surface area contributed by atoms with Gasteiger partial charge in [0.2, 0.25) is 0 Å². The van der Waals surface area contributed by atoms with E-state index in [4.69, 9.17) is 9.47 Å². The van der Waals surface area contributed by atoms with Crippen LogP contribution in [0.1, 0.15) is 30.9 Å². The molecule has 0 amide bonds. The second-order valence-corrected chi connectivity index (χ2v) is 5.25. The lowest BCUT2D eigenvalue weighted by Crippen LogP contribution is -2.27. The van der Waals surface area contributed by atoms with Gasteiger partial charge in [-0.2, -0.15) is 0 Å². The summed E-state index contributed by atoms with van der Waals surface area (Å²) in [7, 11) is 1.73. The molecule has 1 heterocycles. The fraction of sp³-hybridized carbons (Fsp3) is 0.625. The predicted molar refractivity (Wildman–Crippen MR) is 77.0 cm³/mol. The van der Waals surface area contributed by atoms with Crippen molar-refractivity contribution in [2.75, 3.05) is 20.3 Å². The number of ether oxygens (including phenoxy) is 2. The minimum absolute atomic E-state index is 0.451. The molecule has 0 aliphatic carbocycles.